The molecule has 102 valence electrons. The Hall–Kier alpha value is -1.38. The smallest absolute Gasteiger partial charge is 0.151 e. The fraction of sp³-hybridized carbons (Fsp3) is 0.429. The predicted octanol–water partition coefficient (Wildman–Crippen LogP) is 1.45. The van der Waals surface area contributed by atoms with Crippen molar-refractivity contribution in [3.8, 4) is 12.3 Å². The van der Waals surface area contributed by atoms with E-state index in [0.29, 0.717) is 19.5 Å². The zero-order chi connectivity index (χ0) is 13.9. The third kappa shape index (κ3) is 3.79. The zero-order valence-electron chi connectivity index (χ0n) is 10.5. The van der Waals surface area contributed by atoms with Crippen LogP contribution in [0.4, 0.5) is 4.39 Å². The molecule has 1 aromatic carbocycles. The number of terminal acetylenes is 1. The Labute approximate surface area is 113 Å². The lowest BCUT2D eigenvalue weighted by atomic mass is 10.1. The molecule has 1 aromatic rings. The van der Waals surface area contributed by atoms with Crippen molar-refractivity contribution >= 4 is 9.84 Å². The number of halogens is 1. The molecule has 1 atom stereocenters. The second kappa shape index (κ2) is 5.72. The second-order valence-corrected chi connectivity index (χ2v) is 7.02. The van der Waals surface area contributed by atoms with E-state index >= 15 is 0 Å². The highest BCUT2D eigenvalue weighted by Gasteiger charge is 2.31. The van der Waals surface area contributed by atoms with E-state index in [0.717, 1.165) is 5.56 Å². The van der Waals surface area contributed by atoms with Gasteiger partial charge in [0.2, 0.25) is 0 Å². The predicted molar refractivity (Wildman–Crippen MR) is 72.7 cm³/mol. The van der Waals surface area contributed by atoms with E-state index in [1.54, 1.807) is 12.1 Å². The Balaban J connectivity index is 2.09. The lowest BCUT2D eigenvalue weighted by Crippen LogP contribution is -2.36. The Kier molecular flexibility index (Phi) is 4.23. The molecule has 1 fully saturated rings. The van der Waals surface area contributed by atoms with Crippen LogP contribution in [0.3, 0.4) is 0 Å². The maximum atomic E-state index is 12.8. The molecule has 1 aliphatic heterocycles. The van der Waals surface area contributed by atoms with E-state index in [2.05, 4.69) is 5.92 Å². The van der Waals surface area contributed by atoms with Crippen molar-refractivity contribution in [2.45, 2.75) is 19.0 Å². The molecule has 0 radical (unpaired) electrons. The molecule has 0 amide bonds. The average Bonchev–Trinajstić information content (AvgIpc) is 2.72. The minimum Gasteiger partial charge on any atom is -0.284 e. The van der Waals surface area contributed by atoms with Crippen molar-refractivity contribution < 1.29 is 12.8 Å². The van der Waals surface area contributed by atoms with Gasteiger partial charge in [0.15, 0.2) is 9.84 Å². The first-order valence-corrected chi connectivity index (χ1v) is 7.95. The van der Waals surface area contributed by atoms with Crippen LogP contribution in [-0.2, 0) is 16.4 Å². The van der Waals surface area contributed by atoms with Crippen molar-refractivity contribution in [1.29, 1.82) is 0 Å². The van der Waals surface area contributed by atoms with Gasteiger partial charge in [0.1, 0.15) is 5.82 Å². The first kappa shape index (κ1) is 14.0. The fourth-order valence-electron chi connectivity index (χ4n) is 2.32. The van der Waals surface area contributed by atoms with E-state index in [1.807, 2.05) is 4.90 Å². The Morgan fingerprint density at radius 3 is 2.58 bits per heavy atom. The van der Waals surface area contributed by atoms with Crippen LogP contribution in [0, 0.1) is 18.2 Å². The molecule has 0 spiro atoms. The van der Waals surface area contributed by atoms with Crippen molar-refractivity contribution in [2.75, 3.05) is 18.1 Å². The van der Waals surface area contributed by atoms with Gasteiger partial charge in [0.25, 0.3) is 0 Å². The molecule has 3 nitrogen and oxygen atoms in total. The topological polar surface area (TPSA) is 37.4 Å². The van der Waals surface area contributed by atoms with Gasteiger partial charge in [-0.1, -0.05) is 18.1 Å². The number of benzene rings is 1. The number of hydrogen-bond donors (Lipinski definition) is 0. The maximum Gasteiger partial charge on any atom is 0.151 e. The Morgan fingerprint density at radius 2 is 2.05 bits per heavy atom. The first-order valence-electron chi connectivity index (χ1n) is 6.12. The molecule has 1 heterocycles. The van der Waals surface area contributed by atoms with Gasteiger partial charge < -0.3 is 0 Å². The van der Waals surface area contributed by atoms with Crippen LogP contribution in [0.1, 0.15) is 12.0 Å². The average molecular weight is 281 g/mol. The standard InChI is InChI=1S/C14H16FNO2S/c1-2-8-16(14-7-9-19(17,18)11-14)10-12-3-5-13(15)6-4-12/h1,3-6,14H,7-11H2. The summed E-state index contributed by atoms with van der Waals surface area (Å²) in [6.07, 6.45) is 5.96. The summed E-state index contributed by atoms with van der Waals surface area (Å²) in [6.45, 7) is 0.947. The van der Waals surface area contributed by atoms with Crippen molar-refractivity contribution in [2.24, 2.45) is 0 Å². The van der Waals surface area contributed by atoms with Crippen LogP contribution in [0.25, 0.3) is 0 Å². The zero-order valence-corrected chi connectivity index (χ0v) is 11.4. The summed E-state index contributed by atoms with van der Waals surface area (Å²) in [5, 5.41) is 0. The number of sulfone groups is 1. The molecule has 0 bridgehead atoms. The monoisotopic (exact) mass is 281 g/mol. The van der Waals surface area contributed by atoms with E-state index in [4.69, 9.17) is 6.42 Å². The van der Waals surface area contributed by atoms with Crippen LogP contribution in [0.5, 0.6) is 0 Å². The molecular weight excluding hydrogens is 265 g/mol. The van der Waals surface area contributed by atoms with Gasteiger partial charge in [-0.25, -0.2) is 12.8 Å². The van der Waals surface area contributed by atoms with Crippen LogP contribution in [0.2, 0.25) is 0 Å². The molecule has 0 aliphatic carbocycles. The summed E-state index contributed by atoms with van der Waals surface area (Å²) in [7, 11) is -2.93. The highest BCUT2D eigenvalue weighted by molar-refractivity contribution is 7.91. The minimum absolute atomic E-state index is 0.0360. The van der Waals surface area contributed by atoms with Crippen LogP contribution >= 0.6 is 0 Å². The van der Waals surface area contributed by atoms with Crippen LogP contribution in [0.15, 0.2) is 24.3 Å². The van der Waals surface area contributed by atoms with Gasteiger partial charge >= 0.3 is 0 Å². The van der Waals surface area contributed by atoms with Crippen LogP contribution in [-0.4, -0.2) is 37.4 Å². The van der Waals surface area contributed by atoms with E-state index in [1.165, 1.54) is 12.1 Å². The summed E-state index contributed by atoms with van der Waals surface area (Å²) in [6, 6.07) is 6.15. The maximum absolute atomic E-state index is 12.8. The third-order valence-corrected chi connectivity index (χ3v) is 5.07. The molecule has 1 saturated heterocycles. The van der Waals surface area contributed by atoms with Crippen molar-refractivity contribution in [3.05, 3.63) is 35.6 Å². The van der Waals surface area contributed by atoms with E-state index in [9.17, 15) is 12.8 Å². The van der Waals surface area contributed by atoms with Crippen LogP contribution < -0.4 is 0 Å². The second-order valence-electron chi connectivity index (χ2n) is 4.79. The fourth-order valence-corrected chi connectivity index (χ4v) is 4.08. The van der Waals surface area contributed by atoms with Gasteiger partial charge in [-0.15, -0.1) is 6.42 Å². The SMILES string of the molecule is C#CCN(Cc1ccc(F)cc1)C1CCS(=O)(=O)C1. The minimum atomic E-state index is -2.93. The highest BCUT2D eigenvalue weighted by Crippen LogP contribution is 2.19. The summed E-state index contributed by atoms with van der Waals surface area (Å²) in [5.41, 5.74) is 0.931. The number of rotatable bonds is 4. The van der Waals surface area contributed by atoms with Gasteiger partial charge in [-0.05, 0) is 24.1 Å². The number of nitrogens with zero attached hydrogens (tertiary/aromatic N) is 1. The highest BCUT2D eigenvalue weighted by atomic mass is 32.2. The number of hydrogen-bond acceptors (Lipinski definition) is 3. The van der Waals surface area contributed by atoms with Gasteiger partial charge in [0.05, 0.1) is 18.1 Å². The molecular formula is C14H16FNO2S. The molecule has 2 rings (SSSR count). The molecule has 0 saturated carbocycles. The molecule has 19 heavy (non-hydrogen) atoms. The lowest BCUT2D eigenvalue weighted by Gasteiger charge is -2.25. The van der Waals surface area contributed by atoms with Crippen molar-refractivity contribution in [1.82, 2.24) is 4.90 Å². The lowest BCUT2D eigenvalue weighted by molar-refractivity contribution is 0.230. The quantitative estimate of drug-likeness (QED) is 0.784. The van der Waals surface area contributed by atoms with Crippen molar-refractivity contribution in [3.63, 3.8) is 0 Å². The van der Waals surface area contributed by atoms with E-state index < -0.39 is 9.84 Å². The van der Waals surface area contributed by atoms with Gasteiger partial charge in [0, 0.05) is 12.6 Å². The van der Waals surface area contributed by atoms with Gasteiger partial charge in [-0.2, -0.15) is 0 Å². The summed E-state index contributed by atoms with van der Waals surface area (Å²) in [4.78, 5) is 1.97. The normalized spacial score (nSPS) is 21.4. The molecule has 1 aliphatic rings. The van der Waals surface area contributed by atoms with Gasteiger partial charge in [-0.3, -0.25) is 4.90 Å². The third-order valence-electron chi connectivity index (χ3n) is 3.32. The summed E-state index contributed by atoms with van der Waals surface area (Å²) < 4.78 is 35.9. The summed E-state index contributed by atoms with van der Waals surface area (Å²) >= 11 is 0. The largest absolute Gasteiger partial charge is 0.284 e. The Bertz CT molecular complexity index is 574. The molecule has 0 aromatic heterocycles. The molecule has 1 unspecified atom stereocenters. The molecule has 0 N–H and O–H groups in total. The van der Waals surface area contributed by atoms with E-state index in [-0.39, 0.29) is 23.4 Å². The Morgan fingerprint density at radius 1 is 1.37 bits per heavy atom. The summed E-state index contributed by atoms with van der Waals surface area (Å²) in [5.74, 6) is 2.67. The molecule has 5 heteroatoms. The first-order chi connectivity index (χ1) is 9.00.